The summed E-state index contributed by atoms with van der Waals surface area (Å²) >= 11 is 4.96. The molecule has 10 nitrogen and oxygen atoms in total. The van der Waals surface area contributed by atoms with E-state index >= 15 is 0 Å². The molecule has 3 aromatic rings. The van der Waals surface area contributed by atoms with Crippen molar-refractivity contribution in [3.63, 3.8) is 0 Å². The first-order valence-corrected chi connectivity index (χ1v) is 9.05. The van der Waals surface area contributed by atoms with Crippen molar-refractivity contribution in [3.8, 4) is 11.5 Å². The van der Waals surface area contributed by atoms with Crippen LogP contribution in [0.15, 0.2) is 52.5 Å². The van der Waals surface area contributed by atoms with E-state index in [1.807, 2.05) is 31.2 Å². The highest BCUT2D eigenvalue weighted by Gasteiger charge is 2.22. The Labute approximate surface area is 175 Å². The lowest BCUT2D eigenvalue weighted by Crippen LogP contribution is -2.18. The molecule has 0 saturated carbocycles. The molecule has 0 amide bonds. The van der Waals surface area contributed by atoms with Gasteiger partial charge in [0.2, 0.25) is 10.5 Å². The Morgan fingerprint density at radius 3 is 2.83 bits per heavy atom. The van der Waals surface area contributed by atoms with E-state index in [-0.39, 0.29) is 28.6 Å². The molecule has 1 N–H and O–H groups in total. The molecule has 1 heterocycles. The summed E-state index contributed by atoms with van der Waals surface area (Å²) in [7, 11) is 1.38. The molecule has 0 bridgehead atoms. The molecule has 154 valence electrons. The summed E-state index contributed by atoms with van der Waals surface area (Å²) in [6.07, 6.45) is 2.27. The van der Waals surface area contributed by atoms with Crippen LogP contribution in [0.2, 0.25) is 0 Å². The molecule has 30 heavy (non-hydrogen) atoms. The molecule has 3 rings (SSSR count). The van der Waals surface area contributed by atoms with Crippen LogP contribution in [-0.4, -0.2) is 33.1 Å². The van der Waals surface area contributed by atoms with E-state index in [9.17, 15) is 14.9 Å². The van der Waals surface area contributed by atoms with Gasteiger partial charge in [-0.1, -0.05) is 29.8 Å². The number of aryl methyl sites for hydroxylation is 1. The van der Waals surface area contributed by atoms with E-state index in [2.05, 4.69) is 15.3 Å². The molecule has 0 spiro atoms. The summed E-state index contributed by atoms with van der Waals surface area (Å²) in [5.41, 5.74) is 1.39. The van der Waals surface area contributed by atoms with E-state index in [1.165, 1.54) is 25.5 Å². The van der Waals surface area contributed by atoms with Crippen molar-refractivity contribution in [1.82, 2.24) is 14.9 Å². The molecular weight excluding hydrogens is 410 g/mol. The Balaban J connectivity index is 1.97. The Kier molecular flexibility index (Phi) is 6.32. The molecule has 0 aliphatic carbocycles. The van der Waals surface area contributed by atoms with Gasteiger partial charge in [0.05, 0.1) is 18.2 Å². The number of nitro groups is 1. The van der Waals surface area contributed by atoms with Crippen molar-refractivity contribution in [2.24, 2.45) is 5.10 Å². The number of nitro benzene ring substituents is 1. The zero-order valence-electron chi connectivity index (χ0n) is 16.1. The van der Waals surface area contributed by atoms with Crippen LogP contribution >= 0.6 is 12.2 Å². The highest BCUT2D eigenvalue weighted by Crippen LogP contribution is 2.38. The first-order valence-electron chi connectivity index (χ1n) is 8.65. The van der Waals surface area contributed by atoms with Crippen molar-refractivity contribution >= 4 is 24.1 Å². The first-order chi connectivity index (χ1) is 14.4. The number of hydrogen-bond acceptors (Lipinski definition) is 8. The van der Waals surface area contributed by atoms with Crippen LogP contribution in [-0.2, 0) is 6.61 Å². The average molecular weight is 427 g/mol. The maximum atomic E-state index is 11.8. The zero-order chi connectivity index (χ0) is 21.7. The Bertz CT molecular complexity index is 1210. The minimum atomic E-state index is -0.573. The monoisotopic (exact) mass is 427 g/mol. The minimum absolute atomic E-state index is 0.000439. The third kappa shape index (κ3) is 4.75. The highest BCUT2D eigenvalue weighted by atomic mass is 32.1. The minimum Gasteiger partial charge on any atom is -0.493 e. The van der Waals surface area contributed by atoms with Crippen molar-refractivity contribution in [2.45, 2.75) is 13.5 Å². The lowest BCUT2D eigenvalue weighted by Gasteiger charge is -2.12. The number of nitrogens with zero attached hydrogens (tertiary/aromatic N) is 4. The number of ether oxygens (including phenoxy) is 2. The van der Waals surface area contributed by atoms with Crippen molar-refractivity contribution in [1.29, 1.82) is 0 Å². The second-order valence-corrected chi connectivity index (χ2v) is 6.56. The Hall–Kier alpha value is -3.86. The van der Waals surface area contributed by atoms with Gasteiger partial charge in [-0.15, -0.1) is 0 Å². The van der Waals surface area contributed by atoms with Crippen LogP contribution in [0.4, 0.5) is 5.69 Å². The summed E-state index contributed by atoms with van der Waals surface area (Å²) in [6, 6.07) is 10.4. The van der Waals surface area contributed by atoms with Crippen LogP contribution in [0, 0.1) is 21.8 Å². The number of benzene rings is 2. The van der Waals surface area contributed by atoms with Crippen molar-refractivity contribution in [2.75, 3.05) is 7.11 Å². The van der Waals surface area contributed by atoms with E-state index in [4.69, 9.17) is 21.7 Å². The molecule has 11 heteroatoms. The van der Waals surface area contributed by atoms with Crippen LogP contribution < -0.4 is 15.0 Å². The number of rotatable bonds is 7. The van der Waals surface area contributed by atoms with Gasteiger partial charge in [0.1, 0.15) is 12.8 Å². The van der Waals surface area contributed by atoms with Gasteiger partial charge >= 0.3 is 5.69 Å². The van der Waals surface area contributed by atoms with Gasteiger partial charge in [0, 0.05) is 11.6 Å². The predicted octanol–water partition coefficient (Wildman–Crippen LogP) is 2.99. The summed E-state index contributed by atoms with van der Waals surface area (Å²) < 4.78 is 11.9. The number of aromatic amines is 1. The maximum Gasteiger partial charge on any atom is 0.315 e. The molecule has 0 aliphatic heterocycles. The third-order valence-electron chi connectivity index (χ3n) is 4.00. The normalized spacial score (nSPS) is 10.9. The van der Waals surface area contributed by atoms with Gasteiger partial charge in [-0.3, -0.25) is 20.0 Å². The summed E-state index contributed by atoms with van der Waals surface area (Å²) in [5.74, 6) is 0.157. The Morgan fingerprint density at radius 1 is 1.37 bits per heavy atom. The maximum absolute atomic E-state index is 11.8. The fourth-order valence-electron chi connectivity index (χ4n) is 2.65. The van der Waals surface area contributed by atoms with E-state index in [0.29, 0.717) is 5.56 Å². The van der Waals surface area contributed by atoms with Gasteiger partial charge < -0.3 is 9.47 Å². The third-order valence-corrected chi connectivity index (χ3v) is 4.26. The number of hydrogen-bond donors (Lipinski definition) is 1. The molecule has 0 saturated heterocycles. The number of H-pyrrole nitrogens is 1. The smallest absolute Gasteiger partial charge is 0.315 e. The second kappa shape index (κ2) is 9.09. The van der Waals surface area contributed by atoms with Crippen LogP contribution in [0.25, 0.3) is 0 Å². The van der Waals surface area contributed by atoms with Crippen molar-refractivity contribution < 1.29 is 14.4 Å². The van der Waals surface area contributed by atoms with Crippen LogP contribution in [0.3, 0.4) is 0 Å². The molecule has 2 aromatic carbocycles. The molecule has 0 aliphatic rings. The lowest BCUT2D eigenvalue weighted by atomic mass is 10.1. The molecular formula is C19H17N5O5S. The van der Waals surface area contributed by atoms with Gasteiger partial charge in [0.15, 0.2) is 5.75 Å². The molecule has 0 atom stereocenters. The predicted molar refractivity (Wildman–Crippen MR) is 112 cm³/mol. The highest BCUT2D eigenvalue weighted by molar-refractivity contribution is 7.71. The van der Waals surface area contributed by atoms with Gasteiger partial charge in [-0.05, 0) is 30.8 Å². The van der Waals surface area contributed by atoms with Crippen molar-refractivity contribution in [3.05, 3.63) is 84.5 Å². The lowest BCUT2D eigenvalue weighted by molar-refractivity contribution is -0.386. The van der Waals surface area contributed by atoms with E-state index < -0.39 is 10.5 Å². The number of nitrogens with one attached hydrogen (secondary N) is 1. The number of methoxy groups -OCH3 is 1. The fraction of sp³-hybridized carbons (Fsp3) is 0.158. The quantitative estimate of drug-likeness (QED) is 0.266. The van der Waals surface area contributed by atoms with E-state index in [1.54, 1.807) is 0 Å². The molecule has 0 unspecified atom stereocenters. The second-order valence-electron chi connectivity index (χ2n) is 6.18. The molecule has 0 fully saturated rings. The number of aromatic nitrogens is 3. The molecule has 0 radical (unpaired) electrons. The SMILES string of the molecule is COc1cc(/C=N\n2c(=O)cn[nH]c2=S)cc([N+](=O)[O-])c1OCc1cccc(C)c1. The van der Waals surface area contributed by atoms with E-state index in [0.717, 1.165) is 22.0 Å². The standard InChI is InChI=1S/C19H17N5O5S/c1-12-4-3-5-13(6-12)11-29-18-15(24(26)27)7-14(8-16(18)28-2)9-21-23-17(25)10-20-22-19(23)30/h3-10H,11H2,1-2H3,(H,22,30)/b21-9-. The van der Waals surface area contributed by atoms with Crippen LogP contribution in [0.5, 0.6) is 11.5 Å². The van der Waals surface area contributed by atoms with Gasteiger partial charge in [0.25, 0.3) is 5.56 Å². The van der Waals surface area contributed by atoms with Gasteiger partial charge in [-0.25, -0.2) is 0 Å². The summed E-state index contributed by atoms with van der Waals surface area (Å²) in [4.78, 5) is 22.9. The zero-order valence-corrected chi connectivity index (χ0v) is 16.9. The average Bonchev–Trinajstić information content (AvgIpc) is 2.71. The summed E-state index contributed by atoms with van der Waals surface area (Å²) in [6.45, 7) is 2.08. The topological polar surface area (TPSA) is 125 Å². The van der Waals surface area contributed by atoms with Crippen LogP contribution in [0.1, 0.15) is 16.7 Å². The Morgan fingerprint density at radius 2 is 2.17 bits per heavy atom. The summed E-state index contributed by atoms with van der Waals surface area (Å²) in [5, 5.41) is 21.6. The largest absolute Gasteiger partial charge is 0.493 e. The fourth-order valence-corrected chi connectivity index (χ4v) is 2.84. The van der Waals surface area contributed by atoms with Gasteiger partial charge in [-0.2, -0.15) is 14.9 Å². The molecule has 1 aromatic heterocycles. The first kappa shape index (κ1) is 20.9.